The van der Waals surface area contributed by atoms with Crippen molar-refractivity contribution in [3.63, 3.8) is 0 Å². The number of benzene rings is 3. The lowest BCUT2D eigenvalue weighted by Crippen LogP contribution is -2.13. The van der Waals surface area contributed by atoms with Crippen LogP contribution in [-0.4, -0.2) is 12.5 Å². The predicted octanol–water partition coefficient (Wildman–Crippen LogP) is 6.70. The van der Waals surface area contributed by atoms with Gasteiger partial charge in [0.1, 0.15) is 5.75 Å². The van der Waals surface area contributed by atoms with E-state index in [1.807, 2.05) is 48.5 Å². The van der Waals surface area contributed by atoms with Crippen molar-refractivity contribution in [3.05, 3.63) is 70.7 Å². The number of halogens is 1. The Morgan fingerprint density at radius 2 is 1.79 bits per heavy atom. The van der Waals surface area contributed by atoms with E-state index in [1.165, 1.54) is 5.56 Å². The fraction of sp³-hybridized carbons (Fsp3) is 0.292. The van der Waals surface area contributed by atoms with E-state index in [0.29, 0.717) is 19.4 Å². The summed E-state index contributed by atoms with van der Waals surface area (Å²) in [5.41, 5.74) is 2.20. The largest absolute Gasteiger partial charge is 0.492 e. The standard InChI is InChI=1S/C24H26BrNO2/c1-24(2,3)18-13-14-22(20(25)16-18)28-15-7-12-23(27)26-21-11-6-9-17-8-4-5-10-19(17)21/h4-6,8-11,13-14,16H,7,12,15H2,1-3H3,(H,26,27). The maximum Gasteiger partial charge on any atom is 0.224 e. The summed E-state index contributed by atoms with van der Waals surface area (Å²) in [4.78, 5) is 12.3. The molecular formula is C24H26BrNO2. The van der Waals surface area contributed by atoms with Crippen LogP contribution in [0.15, 0.2) is 65.1 Å². The van der Waals surface area contributed by atoms with Gasteiger partial charge < -0.3 is 10.1 Å². The van der Waals surface area contributed by atoms with E-state index in [1.54, 1.807) is 0 Å². The maximum atomic E-state index is 12.3. The highest BCUT2D eigenvalue weighted by Gasteiger charge is 2.15. The minimum Gasteiger partial charge on any atom is -0.492 e. The Hall–Kier alpha value is -2.33. The first-order valence-electron chi connectivity index (χ1n) is 9.55. The zero-order valence-electron chi connectivity index (χ0n) is 16.6. The smallest absolute Gasteiger partial charge is 0.224 e. The molecule has 0 saturated carbocycles. The van der Waals surface area contributed by atoms with Crippen molar-refractivity contribution >= 4 is 38.3 Å². The second kappa shape index (κ2) is 8.78. The molecule has 0 heterocycles. The summed E-state index contributed by atoms with van der Waals surface area (Å²) in [6, 6.07) is 20.2. The van der Waals surface area contributed by atoms with E-state index in [9.17, 15) is 4.79 Å². The molecule has 0 radical (unpaired) electrons. The van der Waals surface area contributed by atoms with Crippen molar-refractivity contribution < 1.29 is 9.53 Å². The average Bonchev–Trinajstić information content (AvgIpc) is 2.66. The second-order valence-electron chi connectivity index (χ2n) is 7.92. The van der Waals surface area contributed by atoms with Crippen LogP contribution in [0.5, 0.6) is 5.75 Å². The third-order valence-electron chi connectivity index (χ3n) is 4.67. The van der Waals surface area contributed by atoms with Crippen molar-refractivity contribution in [2.75, 3.05) is 11.9 Å². The monoisotopic (exact) mass is 439 g/mol. The van der Waals surface area contributed by atoms with Gasteiger partial charge in [-0.1, -0.05) is 63.2 Å². The number of hydrogen-bond acceptors (Lipinski definition) is 2. The molecule has 0 aliphatic carbocycles. The van der Waals surface area contributed by atoms with Crippen molar-refractivity contribution in [1.29, 1.82) is 0 Å². The highest BCUT2D eigenvalue weighted by atomic mass is 79.9. The van der Waals surface area contributed by atoms with Crippen LogP contribution in [0.25, 0.3) is 10.8 Å². The van der Waals surface area contributed by atoms with Crippen LogP contribution >= 0.6 is 15.9 Å². The highest BCUT2D eigenvalue weighted by Crippen LogP contribution is 2.31. The Labute approximate surface area is 175 Å². The van der Waals surface area contributed by atoms with Crippen LogP contribution in [0.4, 0.5) is 5.69 Å². The molecule has 3 rings (SSSR count). The first-order chi connectivity index (χ1) is 13.3. The van der Waals surface area contributed by atoms with Gasteiger partial charge in [-0.05, 0) is 56.9 Å². The molecule has 1 amide bonds. The summed E-state index contributed by atoms with van der Waals surface area (Å²) in [6.07, 6.45) is 1.07. The maximum absolute atomic E-state index is 12.3. The summed E-state index contributed by atoms with van der Waals surface area (Å²) >= 11 is 3.58. The molecule has 3 nitrogen and oxygen atoms in total. The zero-order chi connectivity index (χ0) is 20.1. The van der Waals surface area contributed by atoms with Gasteiger partial charge in [-0.25, -0.2) is 0 Å². The van der Waals surface area contributed by atoms with Crippen molar-refractivity contribution in [3.8, 4) is 5.75 Å². The fourth-order valence-electron chi connectivity index (χ4n) is 3.05. The van der Waals surface area contributed by atoms with Gasteiger partial charge in [0.2, 0.25) is 5.91 Å². The summed E-state index contributed by atoms with van der Waals surface area (Å²) in [5, 5.41) is 5.19. The van der Waals surface area contributed by atoms with Gasteiger partial charge in [-0.2, -0.15) is 0 Å². The molecule has 0 saturated heterocycles. The molecule has 0 bridgehead atoms. The molecule has 1 N–H and O–H groups in total. The number of carbonyl (C=O) groups is 1. The SMILES string of the molecule is CC(C)(C)c1ccc(OCCCC(=O)Nc2cccc3ccccc23)c(Br)c1. The summed E-state index contributed by atoms with van der Waals surface area (Å²) in [5.74, 6) is 0.810. The molecule has 0 aliphatic heterocycles. The number of rotatable bonds is 6. The van der Waals surface area contributed by atoms with Crippen LogP contribution in [-0.2, 0) is 10.2 Å². The molecule has 146 valence electrons. The normalized spacial score (nSPS) is 11.4. The Bertz CT molecular complexity index is 970. The van der Waals surface area contributed by atoms with Crippen LogP contribution in [0.2, 0.25) is 0 Å². The average molecular weight is 440 g/mol. The van der Waals surface area contributed by atoms with Crippen LogP contribution in [0.1, 0.15) is 39.2 Å². The second-order valence-corrected chi connectivity index (χ2v) is 8.78. The molecule has 0 atom stereocenters. The third-order valence-corrected chi connectivity index (χ3v) is 5.29. The highest BCUT2D eigenvalue weighted by molar-refractivity contribution is 9.10. The number of nitrogens with one attached hydrogen (secondary N) is 1. The van der Waals surface area contributed by atoms with Gasteiger partial charge in [0.25, 0.3) is 0 Å². The van der Waals surface area contributed by atoms with E-state index in [4.69, 9.17) is 4.74 Å². The van der Waals surface area contributed by atoms with E-state index < -0.39 is 0 Å². The molecule has 0 unspecified atom stereocenters. The third kappa shape index (κ3) is 5.14. The number of hydrogen-bond donors (Lipinski definition) is 1. The van der Waals surface area contributed by atoms with Crippen LogP contribution < -0.4 is 10.1 Å². The number of amides is 1. The first-order valence-corrected chi connectivity index (χ1v) is 10.3. The molecule has 4 heteroatoms. The molecule has 0 fully saturated rings. The zero-order valence-corrected chi connectivity index (χ0v) is 18.2. The quantitative estimate of drug-likeness (QED) is 0.434. The number of carbonyl (C=O) groups excluding carboxylic acids is 1. The van der Waals surface area contributed by atoms with Crippen molar-refractivity contribution in [2.45, 2.75) is 39.0 Å². The molecule has 0 spiro atoms. The van der Waals surface area contributed by atoms with Crippen LogP contribution in [0.3, 0.4) is 0 Å². The topological polar surface area (TPSA) is 38.3 Å². The lowest BCUT2D eigenvalue weighted by Gasteiger charge is -2.20. The fourth-order valence-corrected chi connectivity index (χ4v) is 3.54. The summed E-state index contributed by atoms with van der Waals surface area (Å²) in [7, 11) is 0. The van der Waals surface area contributed by atoms with E-state index in [0.717, 1.165) is 26.7 Å². The molecule has 3 aromatic rings. The van der Waals surface area contributed by atoms with E-state index >= 15 is 0 Å². The predicted molar refractivity (Wildman–Crippen MR) is 120 cm³/mol. The van der Waals surface area contributed by atoms with Crippen molar-refractivity contribution in [2.24, 2.45) is 0 Å². The van der Waals surface area contributed by atoms with E-state index in [2.05, 4.69) is 54.2 Å². The minimum atomic E-state index is 0.00194. The molecule has 28 heavy (non-hydrogen) atoms. The molecule has 0 aromatic heterocycles. The summed E-state index contributed by atoms with van der Waals surface area (Å²) < 4.78 is 6.79. The lowest BCUT2D eigenvalue weighted by molar-refractivity contribution is -0.116. The van der Waals surface area contributed by atoms with Gasteiger partial charge in [-0.15, -0.1) is 0 Å². The van der Waals surface area contributed by atoms with Gasteiger partial charge in [0.15, 0.2) is 0 Å². The molecule has 3 aromatic carbocycles. The molecular weight excluding hydrogens is 414 g/mol. The molecule has 0 aliphatic rings. The van der Waals surface area contributed by atoms with Gasteiger partial charge in [0, 0.05) is 17.5 Å². The van der Waals surface area contributed by atoms with Crippen LogP contribution in [0, 0.1) is 0 Å². The summed E-state index contributed by atoms with van der Waals surface area (Å²) in [6.45, 7) is 7.05. The lowest BCUT2D eigenvalue weighted by atomic mass is 9.87. The number of fused-ring (bicyclic) bond motifs is 1. The minimum absolute atomic E-state index is 0.00194. The first kappa shape index (κ1) is 20.4. The number of anilines is 1. The van der Waals surface area contributed by atoms with Gasteiger partial charge in [0.05, 0.1) is 11.1 Å². The van der Waals surface area contributed by atoms with E-state index in [-0.39, 0.29) is 11.3 Å². The Kier molecular flexibility index (Phi) is 6.40. The Morgan fingerprint density at radius 3 is 2.54 bits per heavy atom. The van der Waals surface area contributed by atoms with Gasteiger partial charge in [-0.3, -0.25) is 4.79 Å². The Morgan fingerprint density at radius 1 is 1.04 bits per heavy atom. The van der Waals surface area contributed by atoms with Gasteiger partial charge >= 0.3 is 0 Å². The number of ether oxygens (including phenoxy) is 1. The van der Waals surface area contributed by atoms with Crippen molar-refractivity contribution in [1.82, 2.24) is 0 Å². The Balaban J connectivity index is 1.51.